The van der Waals surface area contributed by atoms with Gasteiger partial charge in [0.05, 0.1) is 24.3 Å². The molecule has 1 aliphatic rings. The van der Waals surface area contributed by atoms with Crippen molar-refractivity contribution in [1.82, 2.24) is 4.90 Å². The van der Waals surface area contributed by atoms with Crippen molar-refractivity contribution < 1.29 is 27.5 Å². The van der Waals surface area contributed by atoms with Crippen LogP contribution >= 0.6 is 0 Å². The van der Waals surface area contributed by atoms with E-state index in [4.69, 9.17) is 4.74 Å². The smallest absolute Gasteiger partial charge is 0.416 e. The van der Waals surface area contributed by atoms with E-state index in [0.29, 0.717) is 30.8 Å². The zero-order chi connectivity index (χ0) is 21.9. The van der Waals surface area contributed by atoms with Crippen LogP contribution in [0.15, 0.2) is 42.5 Å². The number of hydrogen-bond donors (Lipinski definition) is 1. The molecule has 3 rings (SSSR count). The fourth-order valence-corrected chi connectivity index (χ4v) is 3.54. The van der Waals surface area contributed by atoms with Gasteiger partial charge in [-0.3, -0.25) is 9.59 Å². The van der Waals surface area contributed by atoms with Gasteiger partial charge in [0.15, 0.2) is 0 Å². The molecule has 1 fully saturated rings. The molecule has 8 heteroatoms. The van der Waals surface area contributed by atoms with Gasteiger partial charge in [0.25, 0.3) is 5.91 Å². The molecule has 30 heavy (non-hydrogen) atoms. The molecule has 160 valence electrons. The van der Waals surface area contributed by atoms with E-state index in [1.54, 1.807) is 12.1 Å². The SMILES string of the molecule is COc1ccc(C)cc1NC(=O)[C@@H]1CCCN(C(=O)c2cccc(C(F)(F)F)c2)C1. The summed E-state index contributed by atoms with van der Waals surface area (Å²) in [5.41, 5.74) is 0.595. The van der Waals surface area contributed by atoms with Crippen LogP contribution in [0.2, 0.25) is 0 Å². The number of nitrogens with one attached hydrogen (secondary N) is 1. The van der Waals surface area contributed by atoms with E-state index in [1.165, 1.54) is 24.1 Å². The molecule has 0 unspecified atom stereocenters. The summed E-state index contributed by atoms with van der Waals surface area (Å²) >= 11 is 0. The molecule has 1 aliphatic heterocycles. The van der Waals surface area contributed by atoms with Crippen molar-refractivity contribution in [2.75, 3.05) is 25.5 Å². The Kier molecular flexibility index (Phi) is 6.34. The number of aryl methyl sites for hydroxylation is 1. The van der Waals surface area contributed by atoms with E-state index in [1.807, 2.05) is 13.0 Å². The van der Waals surface area contributed by atoms with E-state index >= 15 is 0 Å². The lowest BCUT2D eigenvalue weighted by Crippen LogP contribution is -2.43. The summed E-state index contributed by atoms with van der Waals surface area (Å²) in [4.78, 5) is 27.0. The van der Waals surface area contributed by atoms with Crippen molar-refractivity contribution in [3.63, 3.8) is 0 Å². The van der Waals surface area contributed by atoms with E-state index in [2.05, 4.69) is 5.32 Å². The molecule has 1 saturated heterocycles. The fourth-order valence-electron chi connectivity index (χ4n) is 3.54. The van der Waals surface area contributed by atoms with Gasteiger partial charge >= 0.3 is 6.18 Å². The molecule has 2 amide bonds. The van der Waals surface area contributed by atoms with Gasteiger partial charge in [-0.1, -0.05) is 12.1 Å². The molecular formula is C22H23F3N2O3. The molecule has 5 nitrogen and oxygen atoms in total. The van der Waals surface area contributed by atoms with E-state index in [-0.39, 0.29) is 18.0 Å². The second-order valence-electron chi connectivity index (χ2n) is 7.36. The summed E-state index contributed by atoms with van der Waals surface area (Å²) in [5.74, 6) is -0.687. The maximum absolute atomic E-state index is 13.0. The first-order valence-corrected chi connectivity index (χ1v) is 9.61. The van der Waals surface area contributed by atoms with Crippen LogP contribution in [0.5, 0.6) is 5.75 Å². The highest BCUT2D eigenvalue weighted by Gasteiger charge is 2.33. The highest BCUT2D eigenvalue weighted by Crippen LogP contribution is 2.31. The largest absolute Gasteiger partial charge is 0.495 e. The van der Waals surface area contributed by atoms with Crippen molar-refractivity contribution in [1.29, 1.82) is 0 Å². The number of rotatable bonds is 4. The van der Waals surface area contributed by atoms with Crippen LogP contribution in [0, 0.1) is 12.8 Å². The Hall–Kier alpha value is -3.03. The molecule has 2 aromatic rings. The zero-order valence-corrected chi connectivity index (χ0v) is 16.8. The third kappa shape index (κ3) is 4.93. The first-order valence-electron chi connectivity index (χ1n) is 9.61. The maximum atomic E-state index is 13.0. The number of likely N-dealkylation sites (tertiary alicyclic amines) is 1. The number of alkyl halides is 3. The highest BCUT2D eigenvalue weighted by molar-refractivity contribution is 5.97. The Balaban J connectivity index is 1.72. The lowest BCUT2D eigenvalue weighted by Gasteiger charge is -2.32. The van der Waals surface area contributed by atoms with Crippen LogP contribution in [0.25, 0.3) is 0 Å². The van der Waals surface area contributed by atoms with E-state index in [9.17, 15) is 22.8 Å². The average Bonchev–Trinajstić information content (AvgIpc) is 2.73. The number of carbonyl (C=O) groups is 2. The van der Waals surface area contributed by atoms with Gasteiger partial charge in [0.1, 0.15) is 5.75 Å². The predicted molar refractivity (Wildman–Crippen MR) is 106 cm³/mol. The third-order valence-electron chi connectivity index (χ3n) is 5.13. The number of nitrogens with zero attached hydrogens (tertiary/aromatic N) is 1. The van der Waals surface area contributed by atoms with Crippen molar-refractivity contribution in [3.05, 3.63) is 59.2 Å². The standard InChI is InChI=1S/C22H23F3N2O3/c1-14-8-9-19(30-2)18(11-14)26-20(28)16-6-4-10-27(13-16)21(29)15-5-3-7-17(12-15)22(23,24)25/h3,5,7-9,11-12,16H,4,6,10,13H2,1-2H3,(H,26,28)/t16-/m1/s1. The van der Waals surface area contributed by atoms with Gasteiger partial charge in [-0.05, 0) is 55.7 Å². The minimum Gasteiger partial charge on any atom is -0.495 e. The molecule has 0 aliphatic carbocycles. The van der Waals surface area contributed by atoms with Gasteiger partial charge in [-0.25, -0.2) is 0 Å². The molecule has 0 radical (unpaired) electrons. The van der Waals surface area contributed by atoms with Crippen LogP contribution in [0.3, 0.4) is 0 Å². The van der Waals surface area contributed by atoms with Gasteiger partial charge in [-0.15, -0.1) is 0 Å². The lowest BCUT2D eigenvalue weighted by molar-refractivity contribution is -0.137. The van der Waals surface area contributed by atoms with Crippen molar-refractivity contribution in [2.45, 2.75) is 25.9 Å². The summed E-state index contributed by atoms with van der Waals surface area (Å²) in [7, 11) is 1.51. The van der Waals surface area contributed by atoms with Crippen molar-refractivity contribution >= 4 is 17.5 Å². The van der Waals surface area contributed by atoms with Crippen LogP contribution in [-0.2, 0) is 11.0 Å². The summed E-state index contributed by atoms with van der Waals surface area (Å²) in [6.07, 6.45) is -3.34. The summed E-state index contributed by atoms with van der Waals surface area (Å²) in [6.45, 7) is 2.44. The van der Waals surface area contributed by atoms with Crippen LogP contribution in [0.1, 0.15) is 34.3 Å². The number of halogens is 3. The molecule has 0 spiro atoms. The lowest BCUT2D eigenvalue weighted by atomic mass is 9.96. The van der Waals surface area contributed by atoms with Crippen molar-refractivity contribution in [3.8, 4) is 5.75 Å². The van der Waals surface area contributed by atoms with Gasteiger partial charge in [0.2, 0.25) is 5.91 Å². The number of carbonyl (C=O) groups excluding carboxylic acids is 2. The summed E-state index contributed by atoms with van der Waals surface area (Å²) < 4.78 is 44.1. The Morgan fingerprint density at radius 2 is 1.93 bits per heavy atom. The van der Waals surface area contributed by atoms with Crippen LogP contribution in [-0.4, -0.2) is 36.9 Å². The maximum Gasteiger partial charge on any atom is 0.416 e. The minimum absolute atomic E-state index is 0.0359. The second-order valence-corrected chi connectivity index (χ2v) is 7.36. The van der Waals surface area contributed by atoms with Crippen LogP contribution in [0.4, 0.5) is 18.9 Å². The van der Waals surface area contributed by atoms with Gasteiger partial charge in [-0.2, -0.15) is 13.2 Å². The van der Waals surface area contributed by atoms with Gasteiger partial charge in [0, 0.05) is 18.7 Å². The molecule has 0 bridgehead atoms. The first kappa shape index (κ1) is 21.7. The quantitative estimate of drug-likeness (QED) is 0.792. The molecule has 2 aromatic carbocycles. The number of benzene rings is 2. The Morgan fingerprint density at radius 3 is 2.63 bits per heavy atom. The number of amides is 2. The van der Waals surface area contributed by atoms with Crippen molar-refractivity contribution in [2.24, 2.45) is 5.92 Å². The molecular weight excluding hydrogens is 397 g/mol. The Morgan fingerprint density at radius 1 is 1.17 bits per heavy atom. The molecule has 0 saturated carbocycles. The first-order chi connectivity index (χ1) is 14.2. The summed E-state index contributed by atoms with van der Waals surface area (Å²) in [6, 6.07) is 9.78. The Bertz CT molecular complexity index is 943. The van der Waals surface area contributed by atoms with Gasteiger partial charge < -0.3 is 15.0 Å². The third-order valence-corrected chi connectivity index (χ3v) is 5.13. The van der Waals surface area contributed by atoms with E-state index in [0.717, 1.165) is 17.7 Å². The number of ether oxygens (including phenoxy) is 1. The van der Waals surface area contributed by atoms with Crippen LogP contribution < -0.4 is 10.1 Å². The predicted octanol–water partition coefficient (Wildman–Crippen LogP) is 4.51. The average molecular weight is 420 g/mol. The molecule has 1 N–H and O–H groups in total. The molecule has 1 atom stereocenters. The molecule has 0 aromatic heterocycles. The second kappa shape index (κ2) is 8.77. The summed E-state index contributed by atoms with van der Waals surface area (Å²) in [5, 5.41) is 2.85. The normalized spacial score (nSPS) is 16.8. The number of methoxy groups -OCH3 is 1. The Labute approximate surface area is 172 Å². The number of anilines is 1. The monoisotopic (exact) mass is 420 g/mol. The highest BCUT2D eigenvalue weighted by atomic mass is 19.4. The number of piperidine rings is 1. The topological polar surface area (TPSA) is 58.6 Å². The molecule has 1 heterocycles. The minimum atomic E-state index is -4.52. The van der Waals surface area contributed by atoms with E-state index < -0.39 is 23.6 Å². The number of hydrogen-bond acceptors (Lipinski definition) is 3. The fraction of sp³-hybridized carbons (Fsp3) is 0.364. The zero-order valence-electron chi connectivity index (χ0n) is 16.8.